The number of amides is 1. The van der Waals surface area contributed by atoms with Crippen LogP contribution in [0.25, 0.3) is 21.3 Å². The molecule has 2 unspecified atom stereocenters. The van der Waals surface area contributed by atoms with Gasteiger partial charge in [-0.25, -0.2) is 15.0 Å². The number of hydrogen-bond donors (Lipinski definition) is 1. The van der Waals surface area contributed by atoms with E-state index in [1.807, 2.05) is 24.3 Å². The lowest BCUT2D eigenvalue weighted by Gasteiger charge is -2.39. The van der Waals surface area contributed by atoms with Crippen molar-refractivity contribution in [1.82, 2.24) is 15.0 Å². The number of nitrogens with one attached hydrogen (secondary N) is 1. The number of carbonyl (C=O) groups excluding carboxylic acids is 1. The first kappa shape index (κ1) is 19.8. The smallest absolute Gasteiger partial charge is 0.239 e. The van der Waals surface area contributed by atoms with Gasteiger partial charge in [0, 0.05) is 5.41 Å². The lowest BCUT2D eigenvalue weighted by Crippen LogP contribution is -2.48. The molecule has 2 aliphatic rings. The fraction of sp³-hybridized carbons (Fsp3) is 0.385. The summed E-state index contributed by atoms with van der Waals surface area (Å²) in [6.07, 6.45) is 1.69. The van der Waals surface area contributed by atoms with Gasteiger partial charge in [-0.05, 0) is 67.5 Å². The highest BCUT2D eigenvalue weighted by molar-refractivity contribution is 7.22. The molecule has 2 aromatic heterocycles. The number of anilines is 1. The third-order valence-corrected chi connectivity index (χ3v) is 9.51. The molecule has 1 amide bonds. The molecule has 32 heavy (non-hydrogen) atoms. The van der Waals surface area contributed by atoms with E-state index in [1.165, 1.54) is 22.5 Å². The molecule has 6 heteroatoms. The summed E-state index contributed by atoms with van der Waals surface area (Å²) in [6, 6.07) is 12.2. The van der Waals surface area contributed by atoms with Crippen LogP contribution in [0.1, 0.15) is 56.1 Å². The zero-order valence-electron chi connectivity index (χ0n) is 19.0. The highest BCUT2D eigenvalue weighted by atomic mass is 32.1. The number of aromatic nitrogens is 3. The molecule has 1 saturated carbocycles. The summed E-state index contributed by atoms with van der Waals surface area (Å²) >= 11 is 1.51. The van der Waals surface area contributed by atoms with Crippen molar-refractivity contribution in [1.29, 1.82) is 0 Å². The Bertz CT molecular complexity index is 1420. The first-order chi connectivity index (χ1) is 15.2. The fourth-order valence-electron chi connectivity index (χ4n) is 5.99. The predicted molar refractivity (Wildman–Crippen MR) is 129 cm³/mol. The van der Waals surface area contributed by atoms with E-state index in [0.717, 1.165) is 45.5 Å². The average molecular weight is 443 g/mol. The molecular weight excluding hydrogens is 416 g/mol. The molecule has 5 nitrogen and oxygen atoms in total. The number of carbonyl (C=O) groups is 1. The second-order valence-electron chi connectivity index (χ2n) is 10.1. The Morgan fingerprint density at radius 2 is 1.56 bits per heavy atom. The Morgan fingerprint density at radius 1 is 0.906 bits per heavy atom. The van der Waals surface area contributed by atoms with Gasteiger partial charge in [-0.1, -0.05) is 44.2 Å². The molecule has 6 rings (SSSR count). The molecule has 0 radical (unpaired) electrons. The standard InChI is InChI=1S/C26H26N4OS/c1-14-12-17-18(13-15(14)2)28-21-20(27-17)25(5)10-11-26(21,24(25,3)4)22(31)30-23-29-16-8-6-7-9-19(16)32-23/h6-9,12-13H,10-11H2,1-5H3,(H,29,30,31). The van der Waals surface area contributed by atoms with Gasteiger partial charge in [0.15, 0.2) is 5.13 Å². The lowest BCUT2D eigenvalue weighted by atomic mass is 9.63. The van der Waals surface area contributed by atoms with Crippen molar-refractivity contribution in [3.63, 3.8) is 0 Å². The molecule has 2 aromatic carbocycles. The van der Waals surface area contributed by atoms with E-state index in [1.54, 1.807) is 0 Å². The topological polar surface area (TPSA) is 67.8 Å². The first-order valence-electron chi connectivity index (χ1n) is 11.1. The molecule has 162 valence electrons. The molecule has 2 heterocycles. The van der Waals surface area contributed by atoms with E-state index in [4.69, 9.17) is 9.97 Å². The minimum atomic E-state index is -0.727. The Hall–Kier alpha value is -2.86. The van der Waals surface area contributed by atoms with Crippen molar-refractivity contribution in [2.24, 2.45) is 5.41 Å². The van der Waals surface area contributed by atoms with Crippen molar-refractivity contribution < 1.29 is 4.79 Å². The predicted octanol–water partition coefficient (Wildman–Crippen LogP) is 5.82. The summed E-state index contributed by atoms with van der Waals surface area (Å²) < 4.78 is 1.07. The maximum absolute atomic E-state index is 14.0. The normalized spacial score (nSPS) is 25.4. The van der Waals surface area contributed by atoms with Crippen molar-refractivity contribution >= 4 is 43.6 Å². The summed E-state index contributed by atoms with van der Waals surface area (Å²) in [7, 11) is 0. The summed E-state index contributed by atoms with van der Waals surface area (Å²) in [5.41, 5.74) is 5.69. The van der Waals surface area contributed by atoms with E-state index in [-0.39, 0.29) is 16.7 Å². The van der Waals surface area contributed by atoms with Gasteiger partial charge in [0.05, 0.1) is 38.1 Å². The molecule has 2 atom stereocenters. The third-order valence-electron chi connectivity index (χ3n) is 8.55. The molecule has 1 fully saturated rings. The minimum Gasteiger partial charge on any atom is -0.301 e. The SMILES string of the molecule is Cc1cc2nc3c(nc2cc1C)C1(C(=O)Nc2nc4ccccc4s2)CCC3(C)C1(C)C. The monoisotopic (exact) mass is 442 g/mol. The van der Waals surface area contributed by atoms with Gasteiger partial charge in [-0.2, -0.15) is 0 Å². The number of rotatable bonds is 2. The zero-order chi connectivity index (χ0) is 22.5. The Morgan fingerprint density at radius 3 is 2.25 bits per heavy atom. The van der Waals surface area contributed by atoms with Crippen molar-refractivity contribution in [2.75, 3.05) is 5.32 Å². The molecule has 2 bridgehead atoms. The van der Waals surface area contributed by atoms with E-state index >= 15 is 0 Å². The number of nitrogens with zero attached hydrogens (tertiary/aromatic N) is 3. The van der Waals surface area contributed by atoms with Crippen LogP contribution in [0.4, 0.5) is 5.13 Å². The van der Waals surface area contributed by atoms with Crippen LogP contribution in [-0.2, 0) is 15.6 Å². The molecule has 0 aliphatic heterocycles. The summed E-state index contributed by atoms with van der Waals surface area (Å²) in [4.78, 5) is 28.9. The number of aryl methyl sites for hydroxylation is 2. The fourth-order valence-corrected chi connectivity index (χ4v) is 6.85. The van der Waals surface area contributed by atoms with Gasteiger partial charge in [-0.15, -0.1) is 0 Å². The summed E-state index contributed by atoms with van der Waals surface area (Å²) in [5.74, 6) is -0.0125. The van der Waals surface area contributed by atoms with E-state index in [9.17, 15) is 4.79 Å². The second kappa shape index (κ2) is 6.13. The Kier molecular flexibility index (Phi) is 3.79. The van der Waals surface area contributed by atoms with Crippen LogP contribution < -0.4 is 5.32 Å². The third kappa shape index (κ3) is 2.23. The van der Waals surface area contributed by atoms with E-state index in [0.29, 0.717) is 5.13 Å². The van der Waals surface area contributed by atoms with E-state index < -0.39 is 5.41 Å². The lowest BCUT2D eigenvalue weighted by molar-refractivity contribution is -0.125. The minimum absolute atomic E-state index is 0.0125. The largest absolute Gasteiger partial charge is 0.301 e. The van der Waals surface area contributed by atoms with Crippen LogP contribution >= 0.6 is 11.3 Å². The van der Waals surface area contributed by atoms with Crippen LogP contribution in [-0.4, -0.2) is 20.9 Å². The molecule has 1 N–H and O–H groups in total. The second-order valence-corrected chi connectivity index (χ2v) is 11.2. The molecule has 4 aromatic rings. The Balaban J connectivity index is 1.52. The van der Waals surface area contributed by atoms with Gasteiger partial charge in [0.1, 0.15) is 0 Å². The zero-order valence-corrected chi connectivity index (χ0v) is 19.9. The number of benzene rings is 2. The average Bonchev–Trinajstić information content (AvgIpc) is 3.29. The van der Waals surface area contributed by atoms with Crippen LogP contribution in [0.15, 0.2) is 36.4 Å². The van der Waals surface area contributed by atoms with Crippen LogP contribution in [0, 0.1) is 19.3 Å². The van der Waals surface area contributed by atoms with Crippen molar-refractivity contribution in [3.05, 3.63) is 58.9 Å². The maximum Gasteiger partial charge on any atom is 0.239 e. The molecule has 2 aliphatic carbocycles. The van der Waals surface area contributed by atoms with Crippen LogP contribution in [0.5, 0.6) is 0 Å². The van der Waals surface area contributed by atoms with Crippen molar-refractivity contribution in [3.8, 4) is 0 Å². The highest BCUT2D eigenvalue weighted by Crippen LogP contribution is 2.70. The quantitative estimate of drug-likeness (QED) is 0.424. The molecular formula is C26H26N4OS. The van der Waals surface area contributed by atoms with E-state index in [2.05, 4.69) is 57.1 Å². The highest BCUT2D eigenvalue weighted by Gasteiger charge is 2.73. The maximum atomic E-state index is 14.0. The number of fused-ring (bicyclic) bond motifs is 7. The molecule has 0 spiro atoms. The first-order valence-corrected chi connectivity index (χ1v) is 12.0. The van der Waals surface area contributed by atoms with Gasteiger partial charge in [0.2, 0.25) is 5.91 Å². The Labute approximate surface area is 191 Å². The number of para-hydroxylation sites is 1. The van der Waals surface area contributed by atoms with Gasteiger partial charge in [0.25, 0.3) is 0 Å². The van der Waals surface area contributed by atoms with Gasteiger partial charge < -0.3 is 5.32 Å². The summed E-state index contributed by atoms with van der Waals surface area (Å²) in [5, 5.41) is 3.82. The number of hydrogen-bond acceptors (Lipinski definition) is 5. The van der Waals surface area contributed by atoms with Gasteiger partial charge >= 0.3 is 0 Å². The van der Waals surface area contributed by atoms with Crippen LogP contribution in [0.2, 0.25) is 0 Å². The van der Waals surface area contributed by atoms with Crippen molar-refractivity contribution in [2.45, 2.75) is 58.3 Å². The van der Waals surface area contributed by atoms with Crippen LogP contribution in [0.3, 0.4) is 0 Å². The van der Waals surface area contributed by atoms with Gasteiger partial charge in [-0.3, -0.25) is 4.79 Å². The summed E-state index contributed by atoms with van der Waals surface area (Å²) in [6.45, 7) is 10.9. The molecule has 0 saturated heterocycles. The number of thiazole rings is 1.